The van der Waals surface area contributed by atoms with E-state index in [0.29, 0.717) is 5.92 Å². The highest BCUT2D eigenvalue weighted by atomic mass is 16.2. The average Bonchev–Trinajstić information content (AvgIpc) is 3.11. The molecular weight excluding hydrogens is 212 g/mol. The van der Waals surface area contributed by atoms with Crippen LogP contribution in [0.3, 0.4) is 0 Å². The molecule has 0 radical (unpaired) electrons. The summed E-state index contributed by atoms with van der Waals surface area (Å²) in [7, 11) is 1.72. The number of nitrogens with one attached hydrogen (secondary N) is 2. The van der Waals surface area contributed by atoms with Crippen molar-refractivity contribution in [2.24, 2.45) is 0 Å². The second kappa shape index (κ2) is 4.49. The normalized spacial score (nSPS) is 16.9. The van der Waals surface area contributed by atoms with Crippen LogP contribution in [0.4, 0.5) is 0 Å². The van der Waals surface area contributed by atoms with E-state index >= 15 is 0 Å². The number of hydrogen-bond donors (Lipinski definition) is 2. The van der Waals surface area contributed by atoms with E-state index in [1.807, 2.05) is 0 Å². The highest BCUT2D eigenvalue weighted by molar-refractivity contribution is 5.90. The monoisotopic (exact) mass is 232 g/mol. The van der Waals surface area contributed by atoms with E-state index in [9.17, 15) is 4.79 Å². The fourth-order valence-electron chi connectivity index (χ4n) is 2.19. The van der Waals surface area contributed by atoms with E-state index < -0.39 is 0 Å². The number of carbonyl (C=O) groups is 1. The van der Waals surface area contributed by atoms with Gasteiger partial charge in [0.2, 0.25) is 5.91 Å². The Morgan fingerprint density at radius 3 is 2.24 bits per heavy atom. The largest absolute Gasteiger partial charge is 0.291 e. The molecule has 1 aromatic carbocycles. The van der Waals surface area contributed by atoms with Crippen molar-refractivity contribution < 1.29 is 4.79 Å². The summed E-state index contributed by atoms with van der Waals surface area (Å²) >= 11 is 0. The Morgan fingerprint density at radius 2 is 1.82 bits per heavy atom. The fourth-order valence-corrected chi connectivity index (χ4v) is 2.19. The van der Waals surface area contributed by atoms with Crippen LogP contribution in [0.2, 0.25) is 0 Å². The van der Waals surface area contributed by atoms with Gasteiger partial charge in [0.15, 0.2) is 0 Å². The van der Waals surface area contributed by atoms with Gasteiger partial charge in [-0.15, -0.1) is 0 Å². The smallest absolute Gasteiger partial charge is 0.244 e. The maximum absolute atomic E-state index is 12.0. The molecule has 92 valence electrons. The number of hydrazine groups is 1. The second-order valence-electron chi connectivity index (χ2n) is 5.06. The molecule has 3 nitrogen and oxygen atoms in total. The van der Waals surface area contributed by atoms with E-state index in [4.69, 9.17) is 0 Å². The minimum atomic E-state index is -0.279. The third-order valence-electron chi connectivity index (χ3n) is 3.55. The second-order valence-corrected chi connectivity index (χ2v) is 5.06. The van der Waals surface area contributed by atoms with Crippen LogP contribution in [0, 0.1) is 0 Å². The van der Waals surface area contributed by atoms with E-state index in [1.54, 1.807) is 7.05 Å². The Bertz CT molecular complexity index is 405. The van der Waals surface area contributed by atoms with Crippen LogP contribution in [-0.2, 0) is 10.2 Å². The molecule has 1 aliphatic rings. The van der Waals surface area contributed by atoms with Crippen molar-refractivity contribution in [3.05, 3.63) is 35.4 Å². The zero-order chi connectivity index (χ0) is 12.5. The van der Waals surface area contributed by atoms with Crippen LogP contribution in [0.15, 0.2) is 24.3 Å². The lowest BCUT2D eigenvalue weighted by molar-refractivity contribution is -0.124. The van der Waals surface area contributed by atoms with Gasteiger partial charge in [-0.3, -0.25) is 10.2 Å². The molecule has 0 unspecified atom stereocenters. The third-order valence-corrected chi connectivity index (χ3v) is 3.55. The number of carbonyl (C=O) groups excluding carboxylic acids is 1. The van der Waals surface area contributed by atoms with E-state index in [-0.39, 0.29) is 11.3 Å². The van der Waals surface area contributed by atoms with Gasteiger partial charge in [0.1, 0.15) is 0 Å². The van der Waals surface area contributed by atoms with Gasteiger partial charge in [-0.05, 0) is 29.9 Å². The van der Waals surface area contributed by atoms with E-state index in [0.717, 1.165) is 18.4 Å². The number of amides is 1. The molecule has 0 bridgehead atoms. The predicted octanol–water partition coefficient (Wildman–Crippen LogP) is 2.09. The lowest BCUT2D eigenvalue weighted by Crippen LogP contribution is -2.41. The van der Waals surface area contributed by atoms with Crippen molar-refractivity contribution >= 4 is 5.91 Å². The first-order valence-corrected chi connectivity index (χ1v) is 6.18. The highest BCUT2D eigenvalue weighted by Crippen LogP contribution is 2.48. The summed E-state index contributed by atoms with van der Waals surface area (Å²) in [6, 6.07) is 8.45. The van der Waals surface area contributed by atoms with Crippen molar-refractivity contribution in [3.63, 3.8) is 0 Å². The van der Waals surface area contributed by atoms with Crippen LogP contribution < -0.4 is 10.9 Å². The molecule has 0 aliphatic heterocycles. The predicted molar refractivity (Wildman–Crippen MR) is 68.6 cm³/mol. The quantitative estimate of drug-likeness (QED) is 0.780. The molecule has 1 amide bonds. The topological polar surface area (TPSA) is 41.1 Å². The summed E-state index contributed by atoms with van der Waals surface area (Å²) in [5, 5.41) is 0. The molecule has 2 rings (SSSR count). The molecule has 1 fully saturated rings. The molecular formula is C14H20N2O. The molecule has 3 heteroatoms. The Morgan fingerprint density at radius 1 is 1.24 bits per heavy atom. The number of benzene rings is 1. The Labute approximate surface area is 103 Å². The molecule has 17 heavy (non-hydrogen) atoms. The molecule has 0 heterocycles. The maximum atomic E-state index is 12.0. The summed E-state index contributed by atoms with van der Waals surface area (Å²) in [5.41, 5.74) is 7.58. The van der Waals surface area contributed by atoms with Crippen molar-refractivity contribution in [2.75, 3.05) is 7.05 Å². The molecule has 1 aliphatic carbocycles. The first kappa shape index (κ1) is 12.1. The first-order valence-electron chi connectivity index (χ1n) is 6.18. The summed E-state index contributed by atoms with van der Waals surface area (Å²) < 4.78 is 0. The van der Waals surface area contributed by atoms with Crippen LogP contribution in [0.1, 0.15) is 43.7 Å². The lowest BCUT2D eigenvalue weighted by Gasteiger charge is -2.16. The van der Waals surface area contributed by atoms with Crippen LogP contribution in [0.25, 0.3) is 0 Å². The van der Waals surface area contributed by atoms with Crippen molar-refractivity contribution in [3.8, 4) is 0 Å². The van der Waals surface area contributed by atoms with Crippen LogP contribution in [-0.4, -0.2) is 13.0 Å². The average molecular weight is 232 g/mol. The third kappa shape index (κ3) is 2.20. The number of rotatable bonds is 4. The van der Waals surface area contributed by atoms with Crippen molar-refractivity contribution in [1.82, 2.24) is 10.9 Å². The van der Waals surface area contributed by atoms with Gasteiger partial charge in [0.25, 0.3) is 0 Å². The minimum absolute atomic E-state index is 0.0808. The maximum Gasteiger partial charge on any atom is 0.244 e. The SMILES string of the molecule is CNNC(=O)C1(c2ccc(C(C)C)cc2)CC1. The summed E-state index contributed by atoms with van der Waals surface area (Å²) in [6.07, 6.45) is 1.89. The molecule has 0 spiro atoms. The molecule has 1 aromatic rings. The van der Waals surface area contributed by atoms with E-state index in [2.05, 4.69) is 49.0 Å². The highest BCUT2D eigenvalue weighted by Gasteiger charge is 2.51. The Kier molecular flexibility index (Phi) is 3.20. The Hall–Kier alpha value is -1.35. The summed E-state index contributed by atoms with van der Waals surface area (Å²) in [6.45, 7) is 4.35. The summed E-state index contributed by atoms with van der Waals surface area (Å²) in [4.78, 5) is 12.0. The van der Waals surface area contributed by atoms with Crippen molar-refractivity contribution in [2.45, 2.75) is 38.0 Å². The molecule has 0 aromatic heterocycles. The zero-order valence-electron chi connectivity index (χ0n) is 10.7. The zero-order valence-corrected chi connectivity index (χ0v) is 10.7. The van der Waals surface area contributed by atoms with Gasteiger partial charge in [-0.2, -0.15) is 0 Å². The van der Waals surface area contributed by atoms with Gasteiger partial charge in [0.05, 0.1) is 5.41 Å². The molecule has 0 atom stereocenters. The van der Waals surface area contributed by atoms with Crippen LogP contribution >= 0.6 is 0 Å². The standard InChI is InChI=1S/C14H20N2O/c1-10(2)11-4-6-12(7-5-11)14(8-9-14)13(17)16-15-3/h4-7,10,15H,8-9H2,1-3H3,(H,16,17). The molecule has 1 saturated carbocycles. The van der Waals surface area contributed by atoms with Gasteiger partial charge in [-0.25, -0.2) is 5.43 Å². The van der Waals surface area contributed by atoms with Gasteiger partial charge >= 0.3 is 0 Å². The lowest BCUT2D eigenvalue weighted by atomic mass is 9.92. The molecule has 2 N–H and O–H groups in total. The van der Waals surface area contributed by atoms with Gasteiger partial charge in [-0.1, -0.05) is 38.1 Å². The van der Waals surface area contributed by atoms with Crippen molar-refractivity contribution in [1.29, 1.82) is 0 Å². The Balaban J connectivity index is 2.20. The first-order chi connectivity index (χ1) is 8.10. The van der Waals surface area contributed by atoms with Gasteiger partial charge in [0, 0.05) is 7.05 Å². The van der Waals surface area contributed by atoms with Gasteiger partial charge < -0.3 is 0 Å². The number of hydrogen-bond acceptors (Lipinski definition) is 2. The minimum Gasteiger partial charge on any atom is -0.291 e. The summed E-state index contributed by atoms with van der Waals surface area (Å²) in [5.74, 6) is 0.614. The van der Waals surface area contributed by atoms with E-state index in [1.165, 1.54) is 5.56 Å². The fraction of sp³-hybridized carbons (Fsp3) is 0.500. The van der Waals surface area contributed by atoms with Crippen LogP contribution in [0.5, 0.6) is 0 Å². The molecule has 0 saturated heterocycles.